The van der Waals surface area contributed by atoms with Gasteiger partial charge in [-0.3, -0.25) is 4.79 Å². The molecular weight excluding hydrogens is 266 g/mol. The number of nitrogens with zero attached hydrogens (tertiary/aromatic N) is 1. The quantitative estimate of drug-likeness (QED) is 0.473. The Morgan fingerprint density at radius 2 is 2.05 bits per heavy atom. The smallest absolute Gasteiger partial charge is 0.339 e. The van der Waals surface area contributed by atoms with Gasteiger partial charge in [0.1, 0.15) is 0 Å². The Labute approximate surface area is 117 Å². The van der Waals surface area contributed by atoms with Crippen LogP contribution < -0.4 is 0 Å². The maximum absolute atomic E-state index is 11.9. The summed E-state index contributed by atoms with van der Waals surface area (Å²) in [6.45, 7) is 1.97. The summed E-state index contributed by atoms with van der Waals surface area (Å²) < 4.78 is 4.88. The van der Waals surface area contributed by atoms with Gasteiger partial charge >= 0.3 is 5.97 Å². The van der Waals surface area contributed by atoms with Crippen LogP contribution in [0.25, 0.3) is 0 Å². The van der Waals surface area contributed by atoms with E-state index in [1.54, 1.807) is 24.1 Å². The average Bonchev–Trinajstić information content (AvgIpc) is 2.36. The van der Waals surface area contributed by atoms with E-state index in [2.05, 4.69) is 0 Å². The molecule has 0 bridgehead atoms. The lowest BCUT2D eigenvalue weighted by atomic mass is 10.1. The third kappa shape index (κ3) is 4.41. The van der Waals surface area contributed by atoms with Gasteiger partial charge in [0, 0.05) is 31.9 Å². The van der Waals surface area contributed by atoms with E-state index in [-0.39, 0.29) is 23.0 Å². The SMILES string of the molecule is CCOC(=O)c1cc(C(=O)/C=C/N(C)C)ccc1Cl. The summed E-state index contributed by atoms with van der Waals surface area (Å²) in [7, 11) is 3.63. The zero-order chi connectivity index (χ0) is 14.4. The minimum absolute atomic E-state index is 0.198. The minimum Gasteiger partial charge on any atom is -0.462 e. The maximum atomic E-state index is 11.9. The van der Waals surface area contributed by atoms with E-state index in [1.165, 1.54) is 18.2 Å². The maximum Gasteiger partial charge on any atom is 0.339 e. The first-order valence-electron chi connectivity index (χ1n) is 5.81. The molecule has 0 fully saturated rings. The Morgan fingerprint density at radius 3 is 2.63 bits per heavy atom. The van der Waals surface area contributed by atoms with Crippen LogP contribution in [0.2, 0.25) is 5.02 Å². The lowest BCUT2D eigenvalue weighted by Gasteiger charge is -2.06. The fourth-order valence-electron chi connectivity index (χ4n) is 1.36. The Bertz CT molecular complexity index is 509. The van der Waals surface area contributed by atoms with Gasteiger partial charge < -0.3 is 9.64 Å². The second-order valence-corrected chi connectivity index (χ2v) is 4.47. The van der Waals surface area contributed by atoms with Crippen molar-refractivity contribution in [2.75, 3.05) is 20.7 Å². The van der Waals surface area contributed by atoms with Crippen molar-refractivity contribution in [3.8, 4) is 0 Å². The van der Waals surface area contributed by atoms with Crippen molar-refractivity contribution in [3.05, 3.63) is 46.6 Å². The molecule has 0 aliphatic heterocycles. The van der Waals surface area contributed by atoms with Crippen LogP contribution in [-0.2, 0) is 4.74 Å². The Hall–Kier alpha value is -1.81. The number of rotatable bonds is 5. The molecule has 0 amide bonds. The molecule has 0 spiro atoms. The van der Waals surface area contributed by atoms with Crippen LogP contribution in [0.4, 0.5) is 0 Å². The summed E-state index contributed by atoms with van der Waals surface area (Å²) in [6, 6.07) is 4.54. The Balaban J connectivity index is 3.02. The lowest BCUT2D eigenvalue weighted by Crippen LogP contribution is -2.08. The van der Waals surface area contributed by atoms with Crippen molar-refractivity contribution < 1.29 is 14.3 Å². The fraction of sp³-hybridized carbons (Fsp3) is 0.286. The van der Waals surface area contributed by atoms with Gasteiger partial charge in [0.05, 0.1) is 17.2 Å². The number of hydrogen-bond acceptors (Lipinski definition) is 4. The fourth-order valence-corrected chi connectivity index (χ4v) is 1.55. The van der Waals surface area contributed by atoms with Crippen molar-refractivity contribution >= 4 is 23.4 Å². The molecule has 102 valence electrons. The molecule has 1 aromatic carbocycles. The van der Waals surface area contributed by atoms with Crippen molar-refractivity contribution in [2.24, 2.45) is 0 Å². The minimum atomic E-state index is -0.529. The third-order valence-electron chi connectivity index (χ3n) is 2.27. The van der Waals surface area contributed by atoms with Crippen LogP contribution in [0.5, 0.6) is 0 Å². The molecule has 0 aliphatic carbocycles. The zero-order valence-electron chi connectivity index (χ0n) is 11.1. The monoisotopic (exact) mass is 281 g/mol. The van der Waals surface area contributed by atoms with Crippen LogP contribution >= 0.6 is 11.6 Å². The van der Waals surface area contributed by atoms with Gasteiger partial charge in [0.2, 0.25) is 0 Å². The number of hydrogen-bond donors (Lipinski definition) is 0. The largest absolute Gasteiger partial charge is 0.462 e. The first-order valence-corrected chi connectivity index (χ1v) is 6.19. The van der Waals surface area contributed by atoms with Crippen molar-refractivity contribution in [1.29, 1.82) is 0 Å². The van der Waals surface area contributed by atoms with Crippen LogP contribution in [0, 0.1) is 0 Å². The first-order chi connectivity index (χ1) is 8.95. The van der Waals surface area contributed by atoms with Gasteiger partial charge in [-0.05, 0) is 25.1 Å². The van der Waals surface area contributed by atoms with Crippen molar-refractivity contribution in [2.45, 2.75) is 6.92 Å². The van der Waals surface area contributed by atoms with Gasteiger partial charge in [-0.2, -0.15) is 0 Å². The van der Waals surface area contributed by atoms with Crippen molar-refractivity contribution in [1.82, 2.24) is 4.90 Å². The number of benzene rings is 1. The molecule has 5 heteroatoms. The van der Waals surface area contributed by atoms with E-state index in [4.69, 9.17) is 16.3 Å². The number of ketones is 1. The molecule has 0 N–H and O–H groups in total. The van der Waals surface area contributed by atoms with Gasteiger partial charge in [-0.15, -0.1) is 0 Å². The van der Waals surface area contributed by atoms with E-state index in [0.717, 1.165) is 0 Å². The molecule has 0 aromatic heterocycles. The van der Waals surface area contributed by atoms with E-state index in [1.807, 2.05) is 14.1 Å². The molecule has 19 heavy (non-hydrogen) atoms. The van der Waals surface area contributed by atoms with Crippen LogP contribution in [0.15, 0.2) is 30.5 Å². The highest BCUT2D eigenvalue weighted by molar-refractivity contribution is 6.33. The highest BCUT2D eigenvalue weighted by Crippen LogP contribution is 2.19. The number of halogens is 1. The molecule has 0 radical (unpaired) electrons. The second kappa shape index (κ2) is 6.95. The number of ether oxygens (including phenoxy) is 1. The second-order valence-electron chi connectivity index (χ2n) is 4.06. The molecule has 0 aliphatic rings. The molecule has 4 nitrogen and oxygen atoms in total. The number of carbonyl (C=O) groups is 2. The summed E-state index contributed by atoms with van der Waals surface area (Å²) in [6.07, 6.45) is 3.07. The highest BCUT2D eigenvalue weighted by Gasteiger charge is 2.14. The van der Waals surface area contributed by atoms with Gasteiger partial charge in [-0.1, -0.05) is 11.6 Å². The third-order valence-corrected chi connectivity index (χ3v) is 2.60. The standard InChI is InChI=1S/C14H16ClNO3/c1-4-19-14(18)11-9-10(5-6-12(11)15)13(17)7-8-16(2)3/h5-9H,4H2,1-3H3/b8-7+. The topological polar surface area (TPSA) is 46.6 Å². The van der Waals surface area contributed by atoms with E-state index in [0.29, 0.717) is 5.56 Å². The summed E-state index contributed by atoms with van der Waals surface area (Å²) in [5.74, 6) is -0.727. The normalized spacial score (nSPS) is 10.5. The summed E-state index contributed by atoms with van der Waals surface area (Å²) >= 11 is 5.92. The highest BCUT2D eigenvalue weighted by atomic mass is 35.5. The van der Waals surface area contributed by atoms with E-state index in [9.17, 15) is 9.59 Å². The predicted molar refractivity (Wildman–Crippen MR) is 74.6 cm³/mol. The molecular formula is C14H16ClNO3. The summed E-state index contributed by atoms with van der Waals surface area (Å²) in [5.41, 5.74) is 0.596. The van der Waals surface area contributed by atoms with Gasteiger partial charge in [-0.25, -0.2) is 4.79 Å². The molecule has 0 saturated heterocycles. The van der Waals surface area contributed by atoms with Crippen molar-refractivity contribution in [3.63, 3.8) is 0 Å². The predicted octanol–water partition coefficient (Wildman–Crippen LogP) is 2.77. The molecule has 0 heterocycles. The van der Waals surface area contributed by atoms with Crippen LogP contribution in [0.1, 0.15) is 27.6 Å². The molecule has 0 saturated carbocycles. The summed E-state index contributed by atoms with van der Waals surface area (Å²) in [4.78, 5) is 25.3. The molecule has 1 aromatic rings. The number of carbonyl (C=O) groups excluding carboxylic acids is 2. The zero-order valence-corrected chi connectivity index (χ0v) is 11.9. The van der Waals surface area contributed by atoms with E-state index >= 15 is 0 Å². The number of esters is 1. The van der Waals surface area contributed by atoms with Gasteiger partial charge in [0.25, 0.3) is 0 Å². The van der Waals surface area contributed by atoms with Crippen LogP contribution in [-0.4, -0.2) is 37.4 Å². The first kappa shape index (κ1) is 15.2. The Morgan fingerprint density at radius 1 is 1.37 bits per heavy atom. The van der Waals surface area contributed by atoms with Gasteiger partial charge in [0.15, 0.2) is 5.78 Å². The lowest BCUT2D eigenvalue weighted by molar-refractivity contribution is 0.0526. The Kier molecular flexibility index (Phi) is 5.57. The molecule has 1 rings (SSSR count). The summed E-state index contributed by atoms with van der Waals surface area (Å²) in [5, 5.41) is 0.270. The van der Waals surface area contributed by atoms with Crippen LogP contribution in [0.3, 0.4) is 0 Å². The van der Waals surface area contributed by atoms with E-state index < -0.39 is 5.97 Å². The molecule has 0 atom stereocenters. The number of allylic oxidation sites excluding steroid dienone is 1. The molecule has 0 unspecified atom stereocenters. The average molecular weight is 282 g/mol.